The maximum Gasteiger partial charge on any atom is 0.127 e. The maximum absolute atomic E-state index is 13.8. The molecule has 0 saturated carbocycles. The molecule has 92 valence electrons. The maximum atomic E-state index is 13.8. The van der Waals surface area contributed by atoms with Gasteiger partial charge in [0, 0.05) is 23.6 Å². The molecule has 0 bridgehead atoms. The molecule has 1 aromatic carbocycles. The van der Waals surface area contributed by atoms with Crippen LogP contribution < -0.4 is 0 Å². The Balaban J connectivity index is 2.55. The molecule has 0 spiro atoms. The minimum absolute atomic E-state index is 0.151. The second kappa shape index (κ2) is 4.49. The molecule has 3 heteroatoms. The van der Waals surface area contributed by atoms with Crippen molar-refractivity contribution < 1.29 is 9.50 Å². The van der Waals surface area contributed by atoms with E-state index in [4.69, 9.17) is 0 Å². The molecule has 0 radical (unpaired) electrons. The van der Waals surface area contributed by atoms with Crippen LogP contribution in [0, 0.1) is 5.82 Å². The first kappa shape index (κ1) is 12.1. The zero-order valence-corrected chi connectivity index (χ0v) is 10.4. The summed E-state index contributed by atoms with van der Waals surface area (Å²) in [5.74, 6) is 0.0107. The zero-order valence-electron chi connectivity index (χ0n) is 10.4. The van der Waals surface area contributed by atoms with Gasteiger partial charge in [0.1, 0.15) is 5.82 Å². The Labute approximate surface area is 101 Å². The standard InChI is InChI=1S/C14H18FNO/c1-9(2)12-7-14-11(6-13(12)15)4-5-16(14)8-10(3)17/h4-7,9-10,17H,8H2,1-3H3. The van der Waals surface area contributed by atoms with E-state index in [9.17, 15) is 9.50 Å². The molecule has 17 heavy (non-hydrogen) atoms. The van der Waals surface area contributed by atoms with Crippen molar-refractivity contribution in [3.8, 4) is 0 Å². The Kier molecular flexibility index (Phi) is 3.20. The normalized spacial score (nSPS) is 13.5. The molecule has 1 N–H and O–H groups in total. The number of aromatic nitrogens is 1. The van der Waals surface area contributed by atoms with E-state index < -0.39 is 6.10 Å². The Morgan fingerprint density at radius 1 is 1.29 bits per heavy atom. The summed E-state index contributed by atoms with van der Waals surface area (Å²) >= 11 is 0. The van der Waals surface area contributed by atoms with Gasteiger partial charge >= 0.3 is 0 Å². The first-order valence-corrected chi connectivity index (χ1v) is 5.95. The third-order valence-electron chi connectivity index (χ3n) is 2.97. The van der Waals surface area contributed by atoms with Crippen LogP contribution in [-0.4, -0.2) is 15.8 Å². The summed E-state index contributed by atoms with van der Waals surface area (Å²) in [6, 6.07) is 5.34. The summed E-state index contributed by atoms with van der Waals surface area (Å²) < 4.78 is 15.7. The monoisotopic (exact) mass is 235 g/mol. The van der Waals surface area contributed by atoms with Gasteiger partial charge in [-0.2, -0.15) is 0 Å². The molecule has 1 heterocycles. The van der Waals surface area contributed by atoms with Crippen LogP contribution in [0.15, 0.2) is 24.4 Å². The Morgan fingerprint density at radius 2 is 2.00 bits per heavy atom. The zero-order chi connectivity index (χ0) is 12.6. The highest BCUT2D eigenvalue weighted by Crippen LogP contribution is 2.25. The molecule has 2 aromatic rings. The number of hydrogen-bond donors (Lipinski definition) is 1. The van der Waals surface area contributed by atoms with Gasteiger partial charge in [-0.3, -0.25) is 0 Å². The van der Waals surface area contributed by atoms with Crippen LogP contribution in [0.25, 0.3) is 10.9 Å². The fourth-order valence-electron chi connectivity index (χ4n) is 2.11. The largest absolute Gasteiger partial charge is 0.392 e. The summed E-state index contributed by atoms with van der Waals surface area (Å²) in [5, 5.41) is 10.3. The number of fused-ring (bicyclic) bond motifs is 1. The molecule has 1 aromatic heterocycles. The van der Waals surface area contributed by atoms with Crippen molar-refractivity contribution in [1.82, 2.24) is 4.57 Å². The SMILES string of the molecule is CC(O)Cn1ccc2cc(F)c(C(C)C)cc21. The molecule has 0 amide bonds. The molecule has 0 saturated heterocycles. The van der Waals surface area contributed by atoms with E-state index in [0.29, 0.717) is 6.54 Å². The van der Waals surface area contributed by atoms with Crippen molar-refractivity contribution in [2.75, 3.05) is 0 Å². The molecule has 0 aliphatic rings. The minimum Gasteiger partial charge on any atom is -0.392 e. The van der Waals surface area contributed by atoms with E-state index in [1.54, 1.807) is 13.0 Å². The molecule has 2 nitrogen and oxygen atoms in total. The van der Waals surface area contributed by atoms with Crippen LogP contribution in [-0.2, 0) is 6.54 Å². The van der Waals surface area contributed by atoms with Gasteiger partial charge in [0.05, 0.1) is 6.10 Å². The number of aliphatic hydroxyl groups is 1. The average Bonchev–Trinajstić information content (AvgIpc) is 2.58. The fraction of sp³-hybridized carbons (Fsp3) is 0.429. The number of halogens is 1. The fourth-order valence-corrected chi connectivity index (χ4v) is 2.11. The first-order chi connectivity index (χ1) is 7.99. The van der Waals surface area contributed by atoms with Gasteiger partial charge in [-0.1, -0.05) is 13.8 Å². The third kappa shape index (κ3) is 2.34. The van der Waals surface area contributed by atoms with Gasteiger partial charge in [0.2, 0.25) is 0 Å². The van der Waals surface area contributed by atoms with Gasteiger partial charge < -0.3 is 9.67 Å². The van der Waals surface area contributed by atoms with Crippen LogP contribution >= 0.6 is 0 Å². The van der Waals surface area contributed by atoms with Gasteiger partial charge in [0.25, 0.3) is 0 Å². The number of aliphatic hydroxyl groups excluding tert-OH is 1. The van der Waals surface area contributed by atoms with E-state index in [1.807, 2.05) is 36.7 Å². The number of benzene rings is 1. The number of rotatable bonds is 3. The van der Waals surface area contributed by atoms with Crippen LogP contribution in [0.2, 0.25) is 0 Å². The van der Waals surface area contributed by atoms with Gasteiger partial charge in [0.15, 0.2) is 0 Å². The van der Waals surface area contributed by atoms with Crippen LogP contribution in [0.1, 0.15) is 32.3 Å². The molecular weight excluding hydrogens is 217 g/mol. The van der Waals surface area contributed by atoms with E-state index in [1.165, 1.54) is 0 Å². The lowest BCUT2D eigenvalue weighted by Crippen LogP contribution is -2.10. The summed E-state index contributed by atoms with van der Waals surface area (Å²) in [7, 11) is 0. The lowest BCUT2D eigenvalue weighted by molar-refractivity contribution is 0.175. The topological polar surface area (TPSA) is 25.2 Å². The van der Waals surface area contributed by atoms with E-state index in [-0.39, 0.29) is 11.7 Å². The third-order valence-corrected chi connectivity index (χ3v) is 2.97. The highest BCUT2D eigenvalue weighted by molar-refractivity contribution is 5.81. The lowest BCUT2D eigenvalue weighted by Gasteiger charge is -2.11. The molecule has 1 unspecified atom stereocenters. The van der Waals surface area contributed by atoms with Crippen molar-refractivity contribution in [3.05, 3.63) is 35.8 Å². The van der Waals surface area contributed by atoms with Crippen LogP contribution in [0.5, 0.6) is 0 Å². The smallest absolute Gasteiger partial charge is 0.127 e. The Bertz CT molecular complexity index is 528. The summed E-state index contributed by atoms with van der Waals surface area (Å²) in [4.78, 5) is 0. The van der Waals surface area contributed by atoms with E-state index in [2.05, 4.69) is 0 Å². The average molecular weight is 235 g/mol. The lowest BCUT2D eigenvalue weighted by atomic mass is 10.0. The summed E-state index contributed by atoms with van der Waals surface area (Å²) in [6.07, 6.45) is 1.49. The molecule has 0 fully saturated rings. The molecule has 0 aliphatic carbocycles. The highest BCUT2D eigenvalue weighted by atomic mass is 19.1. The second-order valence-corrected chi connectivity index (χ2v) is 4.90. The van der Waals surface area contributed by atoms with Crippen molar-refractivity contribution >= 4 is 10.9 Å². The second-order valence-electron chi connectivity index (χ2n) is 4.90. The number of hydrogen-bond acceptors (Lipinski definition) is 1. The van der Waals surface area contributed by atoms with Gasteiger partial charge in [-0.05, 0) is 36.6 Å². The summed E-state index contributed by atoms with van der Waals surface area (Å²) in [5.41, 5.74) is 1.71. The first-order valence-electron chi connectivity index (χ1n) is 5.95. The predicted octanol–water partition coefficient (Wildman–Crippen LogP) is 3.28. The Morgan fingerprint density at radius 3 is 2.59 bits per heavy atom. The van der Waals surface area contributed by atoms with Crippen LogP contribution in [0.3, 0.4) is 0 Å². The van der Waals surface area contributed by atoms with Crippen molar-refractivity contribution in [2.45, 2.75) is 39.3 Å². The predicted molar refractivity (Wildman–Crippen MR) is 67.7 cm³/mol. The minimum atomic E-state index is -0.404. The quantitative estimate of drug-likeness (QED) is 0.867. The molecule has 1 atom stereocenters. The van der Waals surface area contributed by atoms with E-state index in [0.717, 1.165) is 16.5 Å². The van der Waals surface area contributed by atoms with E-state index >= 15 is 0 Å². The van der Waals surface area contributed by atoms with Crippen molar-refractivity contribution in [1.29, 1.82) is 0 Å². The summed E-state index contributed by atoms with van der Waals surface area (Å²) in [6.45, 7) is 6.24. The van der Waals surface area contributed by atoms with Gasteiger partial charge in [-0.15, -0.1) is 0 Å². The number of nitrogens with zero attached hydrogens (tertiary/aromatic N) is 1. The highest BCUT2D eigenvalue weighted by Gasteiger charge is 2.11. The van der Waals surface area contributed by atoms with Crippen molar-refractivity contribution in [2.24, 2.45) is 0 Å². The van der Waals surface area contributed by atoms with Crippen LogP contribution in [0.4, 0.5) is 4.39 Å². The Hall–Kier alpha value is -1.35. The van der Waals surface area contributed by atoms with Gasteiger partial charge in [-0.25, -0.2) is 4.39 Å². The van der Waals surface area contributed by atoms with Crippen molar-refractivity contribution in [3.63, 3.8) is 0 Å². The molecule has 2 rings (SSSR count). The molecule has 0 aliphatic heterocycles. The molecular formula is C14H18FNO.